The molecule has 0 saturated heterocycles. The molecule has 0 aliphatic heterocycles. The maximum absolute atomic E-state index is 14.5. The standard InChI is InChI=1S/C28H27N4O4P.C2HF3O2/c29-28(30)31-23-18-16-21(17-19-23)20-26(32-27(33)22-10-4-1-5-11-22)37(34,35-24-12-6-2-7-13-24)36-25-14-8-3-9-15-25;3-2(4,5)1(6)7/h1-19,26H,20H2,(H,32,33)(H4,29,30,31);(H,6,7). The van der Waals surface area contributed by atoms with E-state index in [4.69, 9.17) is 30.4 Å². The Morgan fingerprint density at radius 2 is 1.23 bits per heavy atom. The third-order valence-corrected chi connectivity index (χ3v) is 7.54. The van der Waals surface area contributed by atoms with Crippen LogP contribution in [0.25, 0.3) is 0 Å². The quantitative estimate of drug-likeness (QED) is 0.0961. The van der Waals surface area contributed by atoms with Crippen molar-refractivity contribution in [2.24, 2.45) is 16.5 Å². The lowest BCUT2D eigenvalue weighted by Gasteiger charge is -2.28. The van der Waals surface area contributed by atoms with Crippen LogP contribution in [0.1, 0.15) is 15.9 Å². The second-order valence-electron chi connectivity index (χ2n) is 8.91. The van der Waals surface area contributed by atoms with Crippen molar-refractivity contribution in [1.29, 1.82) is 0 Å². The molecule has 4 aromatic rings. The molecule has 0 radical (unpaired) electrons. The lowest BCUT2D eigenvalue weighted by molar-refractivity contribution is -0.192. The predicted octanol–water partition coefficient (Wildman–Crippen LogP) is 5.87. The molecule has 1 amide bonds. The van der Waals surface area contributed by atoms with Crippen LogP contribution in [0, 0.1) is 0 Å². The van der Waals surface area contributed by atoms with Crippen LogP contribution in [0.3, 0.4) is 0 Å². The van der Waals surface area contributed by atoms with E-state index in [2.05, 4.69) is 10.3 Å². The Labute approximate surface area is 250 Å². The fourth-order valence-electron chi connectivity index (χ4n) is 3.55. The summed E-state index contributed by atoms with van der Waals surface area (Å²) in [4.78, 5) is 26.1. The summed E-state index contributed by atoms with van der Waals surface area (Å²) < 4.78 is 58.3. The molecule has 0 aliphatic rings. The second-order valence-corrected chi connectivity index (χ2v) is 11.0. The molecule has 0 spiro atoms. The molecular weight excluding hydrogens is 600 g/mol. The number of aliphatic imine (C=N–C) groups is 1. The first-order valence-electron chi connectivity index (χ1n) is 12.8. The van der Waals surface area contributed by atoms with Crippen molar-refractivity contribution in [2.45, 2.75) is 18.4 Å². The zero-order chi connectivity index (χ0) is 32.2. The van der Waals surface area contributed by atoms with E-state index in [1.165, 1.54) is 0 Å². The molecule has 0 fully saturated rings. The highest BCUT2D eigenvalue weighted by Crippen LogP contribution is 2.53. The van der Waals surface area contributed by atoms with Crippen LogP contribution in [0.15, 0.2) is 120 Å². The van der Waals surface area contributed by atoms with Crippen LogP contribution in [0.5, 0.6) is 11.5 Å². The van der Waals surface area contributed by atoms with Gasteiger partial charge < -0.3 is 30.9 Å². The third-order valence-electron chi connectivity index (χ3n) is 5.53. The molecule has 0 aromatic heterocycles. The summed E-state index contributed by atoms with van der Waals surface area (Å²) in [6, 6.07) is 33.2. The minimum Gasteiger partial charge on any atom is -0.475 e. The molecule has 0 bridgehead atoms. The first-order chi connectivity index (χ1) is 20.9. The summed E-state index contributed by atoms with van der Waals surface area (Å²) in [7, 11) is -4.05. The molecule has 1 atom stereocenters. The van der Waals surface area contributed by atoms with Crippen LogP contribution >= 0.6 is 7.60 Å². The zero-order valence-corrected chi connectivity index (χ0v) is 23.8. The highest BCUT2D eigenvalue weighted by Gasteiger charge is 2.41. The number of hydrogen-bond donors (Lipinski definition) is 4. The Kier molecular flexibility index (Phi) is 11.5. The summed E-state index contributed by atoms with van der Waals surface area (Å²) in [6.45, 7) is 0. The predicted molar refractivity (Wildman–Crippen MR) is 159 cm³/mol. The Hall–Kier alpha value is -5.29. The number of aliphatic carboxylic acids is 1. The number of hydrogen-bond acceptors (Lipinski definition) is 6. The van der Waals surface area contributed by atoms with E-state index in [0.29, 0.717) is 22.7 Å². The van der Waals surface area contributed by atoms with E-state index in [-0.39, 0.29) is 12.4 Å². The van der Waals surface area contributed by atoms with Gasteiger partial charge in [-0.3, -0.25) is 4.79 Å². The minimum atomic E-state index is -5.08. The average molecular weight is 629 g/mol. The normalized spacial score (nSPS) is 11.6. The van der Waals surface area contributed by atoms with E-state index in [9.17, 15) is 22.5 Å². The van der Waals surface area contributed by atoms with Crippen LogP contribution in [-0.2, 0) is 15.8 Å². The number of nitrogens with two attached hydrogens (primary N) is 2. The van der Waals surface area contributed by atoms with E-state index >= 15 is 0 Å². The number of alkyl halides is 3. The summed E-state index contributed by atoms with van der Waals surface area (Å²) in [5, 5.41) is 10.0. The Morgan fingerprint density at radius 3 is 1.64 bits per heavy atom. The van der Waals surface area contributed by atoms with Gasteiger partial charge in [0.2, 0.25) is 0 Å². The smallest absolute Gasteiger partial charge is 0.475 e. The number of guanidine groups is 1. The number of nitrogens with one attached hydrogen (secondary N) is 1. The Bertz CT molecular complexity index is 1540. The number of rotatable bonds is 10. The molecule has 14 heteroatoms. The maximum atomic E-state index is 14.5. The average Bonchev–Trinajstić information content (AvgIpc) is 2.98. The molecule has 6 N–H and O–H groups in total. The van der Waals surface area contributed by atoms with E-state index in [0.717, 1.165) is 5.56 Å². The fraction of sp³-hybridized carbons (Fsp3) is 0.100. The monoisotopic (exact) mass is 628 g/mol. The highest BCUT2D eigenvalue weighted by molar-refractivity contribution is 7.55. The van der Waals surface area contributed by atoms with Crippen molar-refractivity contribution in [3.05, 3.63) is 126 Å². The summed E-state index contributed by atoms with van der Waals surface area (Å²) in [6.07, 6.45) is -4.93. The van der Waals surface area contributed by atoms with Gasteiger partial charge >= 0.3 is 19.7 Å². The summed E-state index contributed by atoms with van der Waals surface area (Å²) in [5.41, 5.74) is 12.7. The Morgan fingerprint density at radius 1 is 0.795 bits per heavy atom. The number of amides is 1. The topological polar surface area (TPSA) is 166 Å². The van der Waals surface area contributed by atoms with Gasteiger partial charge in [-0.15, -0.1) is 0 Å². The third kappa shape index (κ3) is 10.5. The first kappa shape index (κ1) is 33.2. The molecule has 44 heavy (non-hydrogen) atoms. The van der Waals surface area contributed by atoms with Gasteiger partial charge in [-0.05, 0) is 54.1 Å². The molecule has 0 heterocycles. The molecule has 4 aromatic carbocycles. The Balaban J connectivity index is 0.000000676. The van der Waals surface area contributed by atoms with E-state index in [1.807, 2.05) is 18.2 Å². The van der Waals surface area contributed by atoms with Crippen molar-refractivity contribution in [2.75, 3.05) is 0 Å². The number of carbonyl (C=O) groups excluding carboxylic acids is 1. The second kappa shape index (κ2) is 15.3. The van der Waals surface area contributed by atoms with Crippen molar-refractivity contribution in [3.63, 3.8) is 0 Å². The summed E-state index contributed by atoms with van der Waals surface area (Å²) in [5.74, 6) is -3.55. The molecule has 4 rings (SSSR count). The SMILES string of the molecule is NC(N)=Nc1ccc(CC(NC(=O)c2ccccc2)P(=O)(Oc2ccccc2)Oc2ccccc2)cc1.O=C(O)C(F)(F)F. The van der Waals surface area contributed by atoms with Crippen molar-refractivity contribution < 1.29 is 41.5 Å². The lowest BCUT2D eigenvalue weighted by Crippen LogP contribution is -2.38. The van der Waals surface area contributed by atoms with E-state index < -0.39 is 31.4 Å². The number of carboxylic acid groups (broad SMARTS) is 1. The molecular formula is C30H28F3N4O6P. The molecule has 230 valence electrons. The maximum Gasteiger partial charge on any atom is 0.490 e. The van der Waals surface area contributed by atoms with Gasteiger partial charge in [0.25, 0.3) is 5.91 Å². The van der Waals surface area contributed by atoms with Gasteiger partial charge in [0, 0.05) is 12.0 Å². The van der Waals surface area contributed by atoms with Crippen molar-refractivity contribution in [3.8, 4) is 11.5 Å². The number of halogens is 3. The van der Waals surface area contributed by atoms with Crippen LogP contribution < -0.4 is 25.8 Å². The zero-order valence-electron chi connectivity index (χ0n) is 22.9. The number of carboxylic acids is 1. The number of nitrogens with zero attached hydrogens (tertiary/aromatic N) is 1. The van der Waals surface area contributed by atoms with Crippen molar-refractivity contribution in [1.82, 2.24) is 5.32 Å². The lowest BCUT2D eigenvalue weighted by atomic mass is 10.1. The number of carbonyl (C=O) groups is 2. The van der Waals surface area contributed by atoms with Gasteiger partial charge in [-0.25, -0.2) is 14.4 Å². The molecule has 0 saturated carbocycles. The van der Waals surface area contributed by atoms with Gasteiger partial charge in [-0.2, -0.15) is 13.2 Å². The van der Waals surface area contributed by atoms with Gasteiger partial charge in [-0.1, -0.05) is 66.7 Å². The van der Waals surface area contributed by atoms with E-state index in [1.54, 1.807) is 97.1 Å². The highest BCUT2D eigenvalue weighted by atomic mass is 31.2. The largest absolute Gasteiger partial charge is 0.490 e. The first-order valence-corrected chi connectivity index (χ1v) is 14.4. The minimum absolute atomic E-state index is 0.0576. The summed E-state index contributed by atoms with van der Waals surface area (Å²) >= 11 is 0. The van der Waals surface area contributed by atoms with Crippen LogP contribution in [-0.4, -0.2) is 34.9 Å². The number of benzene rings is 4. The van der Waals surface area contributed by atoms with Crippen LogP contribution in [0.4, 0.5) is 18.9 Å². The molecule has 1 unspecified atom stereocenters. The van der Waals surface area contributed by atoms with Crippen molar-refractivity contribution >= 4 is 31.1 Å². The molecule has 0 aliphatic carbocycles. The number of para-hydroxylation sites is 2. The van der Waals surface area contributed by atoms with Crippen LogP contribution in [0.2, 0.25) is 0 Å². The van der Waals surface area contributed by atoms with Gasteiger partial charge in [0.05, 0.1) is 5.69 Å². The fourth-order valence-corrected chi connectivity index (χ4v) is 5.38. The van der Waals surface area contributed by atoms with Gasteiger partial charge in [0.1, 0.15) is 11.5 Å². The van der Waals surface area contributed by atoms with Gasteiger partial charge in [0.15, 0.2) is 11.7 Å². The molecule has 10 nitrogen and oxygen atoms in total.